The van der Waals surface area contributed by atoms with Gasteiger partial charge in [0.25, 0.3) is 0 Å². The summed E-state index contributed by atoms with van der Waals surface area (Å²) >= 11 is 0. The minimum atomic E-state index is -0.0160. The molecule has 0 fully saturated rings. The average Bonchev–Trinajstić information content (AvgIpc) is 1.87. The van der Waals surface area contributed by atoms with Crippen molar-refractivity contribution in [2.75, 3.05) is 0 Å². The molecule has 0 aromatic carbocycles. The number of carbonyl (C=O) groups excluding carboxylic acids is 2. The van der Waals surface area contributed by atoms with Crippen molar-refractivity contribution in [3.8, 4) is 0 Å². The van der Waals surface area contributed by atoms with Crippen LogP contribution in [0.25, 0.3) is 0 Å². The quantitative estimate of drug-likeness (QED) is 0.725. The molecule has 0 aliphatic rings. The van der Waals surface area contributed by atoms with E-state index in [2.05, 4.69) is 0 Å². The van der Waals surface area contributed by atoms with E-state index in [1.807, 2.05) is 27.7 Å². The first kappa shape index (κ1) is 14.7. The van der Waals surface area contributed by atoms with E-state index in [-0.39, 0.29) is 55.7 Å². The van der Waals surface area contributed by atoms with Gasteiger partial charge in [-0.3, -0.25) is 9.59 Å². The minimum Gasteiger partial charge on any atom is -0.299 e. The van der Waals surface area contributed by atoms with Crippen LogP contribution in [0, 0.1) is 11.8 Å². The maximum atomic E-state index is 11.0. The van der Waals surface area contributed by atoms with E-state index >= 15 is 0 Å². The van der Waals surface area contributed by atoms with Gasteiger partial charge in [0.05, 0.1) is 6.42 Å². The van der Waals surface area contributed by atoms with Crippen LogP contribution in [-0.4, -0.2) is 37.4 Å². The molecule has 2 nitrogen and oxygen atoms in total. The van der Waals surface area contributed by atoms with E-state index in [1.54, 1.807) is 0 Å². The summed E-state index contributed by atoms with van der Waals surface area (Å²) < 4.78 is 0. The zero-order valence-electron chi connectivity index (χ0n) is 8.26. The number of hydrogen-bond donors (Lipinski definition) is 0. The van der Waals surface area contributed by atoms with E-state index in [1.165, 1.54) is 0 Å². The zero-order valence-corrected chi connectivity index (χ0v) is 11.6. The van der Waals surface area contributed by atoms with Crippen LogP contribution in [0.5, 0.6) is 0 Å². The standard InChI is InChI=1S/C9H16O2.In/c1-6(2)8(10)5-9(11)7(3)4;/h6-7H,5H2,1-4H3;. The Morgan fingerprint density at radius 1 is 0.917 bits per heavy atom. The molecule has 0 aromatic rings. The van der Waals surface area contributed by atoms with E-state index < -0.39 is 0 Å². The van der Waals surface area contributed by atoms with Gasteiger partial charge < -0.3 is 0 Å². The van der Waals surface area contributed by atoms with E-state index in [0.29, 0.717) is 0 Å². The molecule has 0 N–H and O–H groups in total. The fourth-order valence-electron chi connectivity index (χ4n) is 0.580. The maximum absolute atomic E-state index is 11.0. The molecule has 0 bridgehead atoms. The van der Waals surface area contributed by atoms with Crippen molar-refractivity contribution in [2.45, 2.75) is 34.1 Å². The summed E-state index contributed by atoms with van der Waals surface area (Å²) in [5.74, 6) is 0.0581. The van der Waals surface area contributed by atoms with Crippen molar-refractivity contribution >= 4 is 37.4 Å². The largest absolute Gasteiger partial charge is 0.299 e. The third-order valence-corrected chi connectivity index (χ3v) is 1.64. The number of ketones is 2. The van der Waals surface area contributed by atoms with E-state index in [4.69, 9.17) is 0 Å². The molecule has 12 heavy (non-hydrogen) atoms. The minimum absolute atomic E-state index is 0. The summed E-state index contributed by atoms with van der Waals surface area (Å²) in [7, 11) is 0. The van der Waals surface area contributed by atoms with Gasteiger partial charge in [-0.1, -0.05) is 27.7 Å². The molecule has 0 spiro atoms. The van der Waals surface area contributed by atoms with Crippen LogP contribution in [0.4, 0.5) is 0 Å². The summed E-state index contributed by atoms with van der Waals surface area (Å²) in [6.45, 7) is 7.26. The van der Waals surface area contributed by atoms with E-state index in [0.717, 1.165) is 0 Å². The topological polar surface area (TPSA) is 34.1 Å². The summed E-state index contributed by atoms with van der Waals surface area (Å²) in [6.07, 6.45) is 0.106. The van der Waals surface area contributed by atoms with Crippen LogP contribution in [0.3, 0.4) is 0 Å². The van der Waals surface area contributed by atoms with Crippen LogP contribution in [0.15, 0.2) is 0 Å². The molecular weight excluding hydrogens is 255 g/mol. The Hall–Kier alpha value is 0.210. The van der Waals surface area contributed by atoms with Crippen LogP contribution >= 0.6 is 0 Å². The number of rotatable bonds is 4. The zero-order chi connectivity index (χ0) is 9.02. The SMILES string of the molecule is CC(C)C(=O)CC(=O)C(C)C.[In]. The third-order valence-electron chi connectivity index (χ3n) is 1.64. The first-order chi connectivity index (χ1) is 4.95. The molecule has 0 aliphatic carbocycles. The van der Waals surface area contributed by atoms with Crippen molar-refractivity contribution in [3.63, 3.8) is 0 Å². The predicted octanol–water partition coefficient (Wildman–Crippen LogP) is 1.45. The molecule has 3 heteroatoms. The first-order valence-electron chi connectivity index (χ1n) is 4.00. The molecule has 0 amide bonds. The van der Waals surface area contributed by atoms with Gasteiger partial charge in [-0.25, -0.2) is 0 Å². The number of hydrogen-bond acceptors (Lipinski definition) is 2. The van der Waals surface area contributed by atoms with Crippen LogP contribution in [0.2, 0.25) is 0 Å². The molecule has 0 aliphatic heterocycles. The van der Waals surface area contributed by atoms with Crippen LogP contribution in [-0.2, 0) is 9.59 Å². The molecule has 0 aromatic heterocycles. The van der Waals surface area contributed by atoms with Crippen LogP contribution in [0.1, 0.15) is 34.1 Å². The van der Waals surface area contributed by atoms with Crippen molar-refractivity contribution in [1.29, 1.82) is 0 Å². The van der Waals surface area contributed by atoms with Gasteiger partial charge >= 0.3 is 0 Å². The second kappa shape index (κ2) is 6.70. The summed E-state index contributed by atoms with van der Waals surface area (Å²) in [4.78, 5) is 22.1. The molecule has 0 unspecified atom stereocenters. The Morgan fingerprint density at radius 2 is 1.17 bits per heavy atom. The van der Waals surface area contributed by atoms with Crippen molar-refractivity contribution < 1.29 is 9.59 Å². The predicted molar refractivity (Wildman–Crippen MR) is 50.1 cm³/mol. The monoisotopic (exact) mass is 271 g/mol. The Kier molecular flexibility index (Phi) is 8.21. The van der Waals surface area contributed by atoms with Crippen molar-refractivity contribution in [3.05, 3.63) is 0 Å². The molecule has 0 saturated carbocycles. The van der Waals surface area contributed by atoms with Gasteiger partial charge in [-0.15, -0.1) is 0 Å². The molecule has 0 atom stereocenters. The van der Waals surface area contributed by atoms with Gasteiger partial charge in [-0.2, -0.15) is 0 Å². The molecule has 0 saturated heterocycles. The second-order valence-electron chi connectivity index (χ2n) is 3.42. The summed E-state index contributed by atoms with van der Waals surface area (Å²) in [6, 6.07) is 0. The fraction of sp³-hybridized carbons (Fsp3) is 0.778. The summed E-state index contributed by atoms with van der Waals surface area (Å²) in [5, 5.41) is 0. The van der Waals surface area contributed by atoms with Gasteiger partial charge in [-0.05, 0) is 0 Å². The molecule has 67 valence electrons. The molecule has 0 rings (SSSR count). The first-order valence-corrected chi connectivity index (χ1v) is 4.00. The third kappa shape index (κ3) is 5.81. The average molecular weight is 271 g/mol. The molecule has 0 heterocycles. The van der Waals surface area contributed by atoms with Crippen molar-refractivity contribution in [1.82, 2.24) is 0 Å². The van der Waals surface area contributed by atoms with Gasteiger partial charge in [0.1, 0.15) is 11.6 Å². The van der Waals surface area contributed by atoms with Crippen LogP contribution < -0.4 is 0 Å². The van der Waals surface area contributed by atoms with Gasteiger partial charge in [0.2, 0.25) is 0 Å². The Balaban J connectivity index is 0. The van der Waals surface area contributed by atoms with Gasteiger partial charge in [0, 0.05) is 37.7 Å². The summed E-state index contributed by atoms with van der Waals surface area (Å²) in [5.41, 5.74) is 0. The fourth-order valence-corrected chi connectivity index (χ4v) is 0.580. The number of Topliss-reactive ketones (excluding diaryl/α,β-unsaturated/α-hetero) is 2. The smallest absolute Gasteiger partial charge is 0.142 e. The molecular formula is C9H16InO2. The normalized spacial score (nSPS) is 9.83. The van der Waals surface area contributed by atoms with Gasteiger partial charge in [0.15, 0.2) is 0 Å². The van der Waals surface area contributed by atoms with Crippen molar-refractivity contribution in [2.24, 2.45) is 11.8 Å². The maximum Gasteiger partial charge on any atom is 0.142 e. The Labute approximate surface area is 92.9 Å². The second-order valence-corrected chi connectivity index (χ2v) is 3.42. The number of carbonyl (C=O) groups is 2. The Bertz CT molecular complexity index is 144. The molecule has 3 radical (unpaired) electrons. The Morgan fingerprint density at radius 3 is 1.33 bits per heavy atom. The van der Waals surface area contributed by atoms with E-state index in [9.17, 15) is 9.59 Å².